The Bertz CT molecular complexity index is 998. The second kappa shape index (κ2) is 10.0. The van der Waals surface area contributed by atoms with Gasteiger partial charge in [0.2, 0.25) is 5.91 Å². The molecule has 170 valence electrons. The maximum atomic E-state index is 12.8. The van der Waals surface area contributed by atoms with E-state index in [9.17, 15) is 27.6 Å². The number of carbonyl (C=O) groups excluding carboxylic acids is 3. The van der Waals surface area contributed by atoms with Crippen LogP contribution in [0.3, 0.4) is 0 Å². The first-order valence-corrected chi connectivity index (χ1v) is 10.2. The monoisotopic (exact) mass is 468 g/mol. The molecule has 1 atom stereocenters. The first-order valence-electron chi connectivity index (χ1n) is 9.78. The maximum absolute atomic E-state index is 12.8. The number of benzene rings is 2. The van der Waals surface area contributed by atoms with E-state index >= 15 is 0 Å². The molecule has 1 heterocycles. The third kappa shape index (κ3) is 6.23. The lowest BCUT2D eigenvalue weighted by molar-refractivity contribution is -0.151. The van der Waals surface area contributed by atoms with Gasteiger partial charge in [-0.2, -0.15) is 13.2 Å². The van der Waals surface area contributed by atoms with E-state index in [1.165, 1.54) is 0 Å². The molecule has 0 saturated carbocycles. The zero-order chi connectivity index (χ0) is 23.3. The summed E-state index contributed by atoms with van der Waals surface area (Å²) >= 11 is 5.83. The number of alkyl halides is 3. The van der Waals surface area contributed by atoms with E-state index in [2.05, 4.69) is 5.32 Å². The molecule has 2 aromatic carbocycles. The third-order valence-corrected chi connectivity index (χ3v) is 5.30. The molecule has 3 rings (SSSR count). The van der Waals surface area contributed by atoms with Crippen molar-refractivity contribution < 1.29 is 32.3 Å². The summed E-state index contributed by atoms with van der Waals surface area (Å²) in [6.07, 6.45) is -3.97. The van der Waals surface area contributed by atoms with Crippen molar-refractivity contribution in [2.24, 2.45) is 5.92 Å². The van der Waals surface area contributed by atoms with Crippen LogP contribution in [0.4, 0.5) is 18.9 Å². The number of hydrogen-bond acceptors (Lipinski definition) is 4. The molecule has 0 unspecified atom stereocenters. The maximum Gasteiger partial charge on any atom is 0.416 e. The van der Waals surface area contributed by atoms with Crippen molar-refractivity contribution in [1.82, 2.24) is 4.90 Å². The van der Waals surface area contributed by atoms with E-state index < -0.39 is 36.1 Å². The molecule has 32 heavy (non-hydrogen) atoms. The molecule has 2 aromatic rings. The topological polar surface area (TPSA) is 75.7 Å². The number of amides is 2. The third-order valence-electron chi connectivity index (χ3n) is 4.97. The van der Waals surface area contributed by atoms with Crippen LogP contribution >= 0.6 is 11.6 Å². The quantitative estimate of drug-likeness (QED) is 0.625. The zero-order valence-electron chi connectivity index (χ0n) is 16.8. The Morgan fingerprint density at radius 3 is 2.56 bits per heavy atom. The standard InChI is InChI=1S/C22H20ClF3N2O4/c23-17-7-6-16(22(24,25)26)11-18(17)27-19(29)13-32-21(31)15-10-20(30)28(12-15)9-8-14-4-2-1-3-5-14/h1-7,11,15H,8-10,12-13H2,(H,27,29)/t15-/m1/s1. The van der Waals surface area contributed by atoms with Gasteiger partial charge < -0.3 is 15.0 Å². The number of hydrogen-bond donors (Lipinski definition) is 1. The van der Waals surface area contributed by atoms with Crippen molar-refractivity contribution in [2.45, 2.75) is 19.0 Å². The minimum Gasteiger partial charge on any atom is -0.455 e. The number of nitrogens with one attached hydrogen (secondary N) is 1. The number of halogens is 4. The molecular weight excluding hydrogens is 449 g/mol. The molecule has 6 nitrogen and oxygen atoms in total. The molecule has 1 aliphatic rings. The van der Waals surface area contributed by atoms with E-state index in [1.807, 2.05) is 30.3 Å². The number of carbonyl (C=O) groups is 3. The molecule has 0 aliphatic carbocycles. The van der Waals surface area contributed by atoms with Gasteiger partial charge in [-0.25, -0.2) is 0 Å². The van der Waals surface area contributed by atoms with Gasteiger partial charge in [-0.1, -0.05) is 41.9 Å². The molecule has 2 amide bonds. The highest BCUT2D eigenvalue weighted by molar-refractivity contribution is 6.33. The Morgan fingerprint density at radius 2 is 1.88 bits per heavy atom. The fourth-order valence-corrected chi connectivity index (χ4v) is 3.46. The fourth-order valence-electron chi connectivity index (χ4n) is 3.29. The molecule has 1 N–H and O–H groups in total. The predicted octanol–water partition coefficient (Wildman–Crippen LogP) is 3.93. The van der Waals surface area contributed by atoms with Gasteiger partial charge in [-0.3, -0.25) is 14.4 Å². The van der Waals surface area contributed by atoms with E-state index in [1.54, 1.807) is 4.90 Å². The van der Waals surface area contributed by atoms with Gasteiger partial charge in [0.15, 0.2) is 6.61 Å². The van der Waals surface area contributed by atoms with Crippen LogP contribution in [0, 0.1) is 5.92 Å². The van der Waals surface area contributed by atoms with Gasteiger partial charge in [0.25, 0.3) is 5.91 Å². The molecule has 0 aromatic heterocycles. The summed E-state index contributed by atoms with van der Waals surface area (Å²) in [5.41, 5.74) is -0.156. The zero-order valence-corrected chi connectivity index (χ0v) is 17.6. The number of nitrogens with zero attached hydrogens (tertiary/aromatic N) is 1. The minimum atomic E-state index is -4.60. The molecule has 1 fully saturated rings. The van der Waals surface area contributed by atoms with Crippen LogP contribution in [0.5, 0.6) is 0 Å². The van der Waals surface area contributed by atoms with Crippen molar-refractivity contribution >= 4 is 35.1 Å². The Kier molecular flexibility index (Phi) is 7.40. The van der Waals surface area contributed by atoms with Crippen molar-refractivity contribution in [3.63, 3.8) is 0 Å². The van der Waals surface area contributed by atoms with Crippen molar-refractivity contribution in [3.05, 3.63) is 64.7 Å². The van der Waals surface area contributed by atoms with Crippen LogP contribution in [0.25, 0.3) is 0 Å². The highest BCUT2D eigenvalue weighted by Crippen LogP contribution is 2.33. The fraction of sp³-hybridized carbons (Fsp3) is 0.318. The summed E-state index contributed by atoms with van der Waals surface area (Å²) in [5.74, 6) is -2.44. The predicted molar refractivity (Wildman–Crippen MR) is 111 cm³/mol. The van der Waals surface area contributed by atoms with Gasteiger partial charge in [0.05, 0.1) is 22.2 Å². The number of likely N-dealkylation sites (tertiary alicyclic amines) is 1. The van der Waals surface area contributed by atoms with E-state index in [0.717, 1.165) is 17.7 Å². The summed E-state index contributed by atoms with van der Waals surface area (Å²) in [6.45, 7) is -0.0627. The largest absolute Gasteiger partial charge is 0.455 e. The van der Waals surface area contributed by atoms with Crippen molar-refractivity contribution in [3.8, 4) is 0 Å². The molecule has 1 saturated heterocycles. The summed E-state index contributed by atoms with van der Waals surface area (Å²) in [6, 6.07) is 12.1. The molecule has 10 heteroatoms. The number of esters is 1. The van der Waals surface area contributed by atoms with Crippen LogP contribution in [0.15, 0.2) is 48.5 Å². The van der Waals surface area contributed by atoms with E-state index in [-0.39, 0.29) is 29.6 Å². The Balaban J connectivity index is 1.48. The summed E-state index contributed by atoms with van der Waals surface area (Å²) in [5, 5.41) is 2.11. The minimum absolute atomic E-state index is 0.0191. The summed E-state index contributed by atoms with van der Waals surface area (Å²) in [7, 11) is 0. The van der Waals surface area contributed by atoms with Gasteiger partial charge >= 0.3 is 12.1 Å². The first-order chi connectivity index (χ1) is 15.1. The molecule has 0 radical (unpaired) electrons. The van der Waals surface area contributed by atoms with E-state index in [4.69, 9.17) is 16.3 Å². The second-order valence-corrected chi connectivity index (χ2v) is 7.73. The highest BCUT2D eigenvalue weighted by Gasteiger charge is 2.35. The number of ether oxygens (including phenoxy) is 1. The van der Waals surface area contributed by atoms with Crippen molar-refractivity contribution in [1.29, 1.82) is 0 Å². The second-order valence-electron chi connectivity index (χ2n) is 7.32. The van der Waals surface area contributed by atoms with Gasteiger partial charge in [0, 0.05) is 19.5 Å². The number of rotatable bonds is 7. The summed E-state index contributed by atoms with van der Waals surface area (Å²) < 4.78 is 43.4. The van der Waals surface area contributed by atoms with Crippen molar-refractivity contribution in [2.75, 3.05) is 25.0 Å². The lowest BCUT2D eigenvalue weighted by Gasteiger charge is -2.16. The average molecular weight is 469 g/mol. The lowest BCUT2D eigenvalue weighted by atomic mass is 10.1. The normalized spacial score (nSPS) is 16.2. The smallest absolute Gasteiger partial charge is 0.416 e. The molecular formula is C22H20ClF3N2O4. The van der Waals surface area contributed by atoms with Crippen LogP contribution in [-0.2, 0) is 31.7 Å². The van der Waals surface area contributed by atoms with Gasteiger partial charge in [-0.05, 0) is 30.2 Å². The van der Waals surface area contributed by atoms with E-state index in [0.29, 0.717) is 19.0 Å². The Morgan fingerprint density at radius 1 is 1.16 bits per heavy atom. The molecule has 0 spiro atoms. The highest BCUT2D eigenvalue weighted by atomic mass is 35.5. The van der Waals surface area contributed by atoms with Gasteiger partial charge in [-0.15, -0.1) is 0 Å². The molecule has 1 aliphatic heterocycles. The van der Waals surface area contributed by atoms with Crippen LogP contribution in [-0.4, -0.2) is 42.4 Å². The first kappa shape index (κ1) is 23.6. The van der Waals surface area contributed by atoms with Crippen LogP contribution in [0.2, 0.25) is 5.02 Å². The SMILES string of the molecule is O=C(COC(=O)[C@@H]1CC(=O)N(CCc2ccccc2)C1)Nc1cc(C(F)(F)F)ccc1Cl. The Labute approximate surface area is 187 Å². The average Bonchev–Trinajstić information content (AvgIpc) is 3.12. The van der Waals surface area contributed by atoms with Crippen LogP contribution < -0.4 is 5.32 Å². The summed E-state index contributed by atoms with van der Waals surface area (Å²) in [4.78, 5) is 38.0. The molecule has 0 bridgehead atoms. The Hall–Kier alpha value is -3.07. The number of anilines is 1. The lowest BCUT2D eigenvalue weighted by Crippen LogP contribution is -2.29. The van der Waals surface area contributed by atoms with Gasteiger partial charge in [0.1, 0.15) is 0 Å². The van der Waals surface area contributed by atoms with Crippen LogP contribution in [0.1, 0.15) is 17.5 Å².